The van der Waals surface area contributed by atoms with Gasteiger partial charge in [-0.1, -0.05) is 19.6 Å². The van der Waals surface area contributed by atoms with Gasteiger partial charge >= 0.3 is 6.09 Å². The highest BCUT2D eigenvalue weighted by Crippen LogP contribution is 2.07. The van der Waals surface area contributed by atoms with Gasteiger partial charge in [-0.3, -0.25) is 0 Å². The molecule has 0 saturated carbocycles. The minimum absolute atomic E-state index is 0.180. The van der Waals surface area contributed by atoms with Crippen LogP contribution in [0.25, 0.3) is 0 Å². The molecule has 0 saturated heterocycles. The third-order valence-corrected chi connectivity index (χ3v) is 4.07. The SMILES string of the molecule is C[Si](C)(C)CCOCOC[C@@H](CCl)NC(=O)O. The van der Waals surface area contributed by atoms with Crippen LogP contribution in [0.5, 0.6) is 0 Å². The summed E-state index contributed by atoms with van der Waals surface area (Å²) in [7, 11) is -1.06. The summed E-state index contributed by atoms with van der Waals surface area (Å²) in [5.74, 6) is 0.182. The number of hydrogen-bond acceptors (Lipinski definition) is 3. The van der Waals surface area contributed by atoms with Crippen LogP contribution in [0.2, 0.25) is 25.7 Å². The monoisotopic (exact) mass is 283 g/mol. The van der Waals surface area contributed by atoms with Crippen LogP contribution in [-0.2, 0) is 9.47 Å². The molecular formula is C10H22ClNO4Si. The Morgan fingerprint density at radius 2 is 2.06 bits per heavy atom. The van der Waals surface area contributed by atoms with E-state index in [0.29, 0.717) is 6.61 Å². The third kappa shape index (κ3) is 12.0. The fourth-order valence-corrected chi connectivity index (χ4v) is 1.91. The predicted molar refractivity (Wildman–Crippen MR) is 70.6 cm³/mol. The fourth-order valence-electron chi connectivity index (χ4n) is 0.986. The fraction of sp³-hybridized carbons (Fsp3) is 0.900. The van der Waals surface area contributed by atoms with E-state index in [-0.39, 0.29) is 19.3 Å². The van der Waals surface area contributed by atoms with Crippen LogP contribution in [0, 0.1) is 0 Å². The zero-order valence-corrected chi connectivity index (χ0v) is 12.4. The molecule has 0 aromatic rings. The molecule has 17 heavy (non-hydrogen) atoms. The molecule has 7 heteroatoms. The Morgan fingerprint density at radius 1 is 1.41 bits per heavy atom. The Bertz CT molecular complexity index is 223. The van der Waals surface area contributed by atoms with Gasteiger partial charge < -0.3 is 19.9 Å². The van der Waals surface area contributed by atoms with Crippen molar-refractivity contribution >= 4 is 25.8 Å². The van der Waals surface area contributed by atoms with Gasteiger partial charge in [0.15, 0.2) is 0 Å². The molecule has 2 N–H and O–H groups in total. The molecule has 1 atom stereocenters. The molecule has 0 unspecified atom stereocenters. The van der Waals surface area contributed by atoms with Gasteiger partial charge in [0.25, 0.3) is 0 Å². The van der Waals surface area contributed by atoms with Crippen molar-refractivity contribution < 1.29 is 19.4 Å². The second-order valence-electron chi connectivity index (χ2n) is 5.01. The van der Waals surface area contributed by atoms with E-state index in [1.165, 1.54) is 0 Å². The second kappa shape index (κ2) is 8.74. The molecular weight excluding hydrogens is 262 g/mol. The Hall–Kier alpha value is -0.303. The summed E-state index contributed by atoms with van der Waals surface area (Å²) in [6.45, 7) is 7.92. The Labute approximate surface area is 108 Å². The van der Waals surface area contributed by atoms with E-state index < -0.39 is 20.2 Å². The van der Waals surface area contributed by atoms with Crippen LogP contribution in [0.4, 0.5) is 4.79 Å². The molecule has 0 rings (SSSR count). The van der Waals surface area contributed by atoms with E-state index in [1.54, 1.807) is 0 Å². The summed E-state index contributed by atoms with van der Waals surface area (Å²) >= 11 is 5.57. The smallest absolute Gasteiger partial charge is 0.404 e. The molecule has 0 heterocycles. The number of nitrogens with one attached hydrogen (secondary N) is 1. The number of carbonyl (C=O) groups is 1. The molecule has 0 spiro atoms. The number of alkyl halides is 1. The van der Waals surface area contributed by atoms with Gasteiger partial charge in [0.1, 0.15) is 6.79 Å². The lowest BCUT2D eigenvalue weighted by molar-refractivity contribution is -0.0539. The van der Waals surface area contributed by atoms with Crippen molar-refractivity contribution in [2.45, 2.75) is 31.7 Å². The maximum Gasteiger partial charge on any atom is 0.404 e. The molecule has 0 aliphatic rings. The van der Waals surface area contributed by atoms with Gasteiger partial charge in [0, 0.05) is 20.6 Å². The number of hydrogen-bond donors (Lipinski definition) is 2. The Balaban J connectivity index is 3.46. The van der Waals surface area contributed by atoms with Gasteiger partial charge in [-0.2, -0.15) is 0 Å². The summed E-state index contributed by atoms with van der Waals surface area (Å²) in [5, 5.41) is 10.7. The zero-order valence-electron chi connectivity index (χ0n) is 10.7. The van der Waals surface area contributed by atoms with E-state index in [9.17, 15) is 4.79 Å². The molecule has 0 aromatic carbocycles. The summed E-state index contributed by atoms with van der Waals surface area (Å²) in [4.78, 5) is 10.4. The van der Waals surface area contributed by atoms with E-state index in [1.807, 2.05) is 0 Å². The number of rotatable bonds is 9. The second-order valence-corrected chi connectivity index (χ2v) is 10.9. The van der Waals surface area contributed by atoms with Gasteiger partial charge in [-0.25, -0.2) is 4.79 Å². The van der Waals surface area contributed by atoms with Crippen LogP contribution in [0.1, 0.15) is 0 Å². The quantitative estimate of drug-likeness (QED) is 0.295. The molecule has 0 bridgehead atoms. The van der Waals surface area contributed by atoms with Crippen LogP contribution in [-0.4, -0.2) is 51.2 Å². The molecule has 5 nitrogen and oxygen atoms in total. The van der Waals surface area contributed by atoms with Crippen molar-refractivity contribution in [1.82, 2.24) is 5.32 Å². The first-order valence-corrected chi connectivity index (χ1v) is 9.80. The van der Waals surface area contributed by atoms with Gasteiger partial charge in [-0.15, -0.1) is 11.6 Å². The van der Waals surface area contributed by atoms with Crippen molar-refractivity contribution in [3.63, 3.8) is 0 Å². The molecule has 0 fully saturated rings. The lowest BCUT2D eigenvalue weighted by atomic mass is 10.4. The minimum atomic E-state index is -1.10. The number of carboxylic acid groups (broad SMARTS) is 1. The first-order valence-electron chi connectivity index (χ1n) is 5.56. The van der Waals surface area contributed by atoms with Gasteiger partial charge in [-0.05, 0) is 6.04 Å². The molecule has 0 aliphatic heterocycles. The predicted octanol–water partition coefficient (Wildman–Crippen LogP) is 2.19. The largest absolute Gasteiger partial charge is 0.465 e. The molecule has 1 amide bonds. The van der Waals surface area contributed by atoms with Crippen LogP contribution >= 0.6 is 11.6 Å². The molecule has 0 aromatic heterocycles. The standard InChI is InChI=1S/C10H22ClNO4Si/c1-17(2,3)5-4-15-8-16-7-9(6-11)12-10(13)14/h9,12H,4-8H2,1-3H3,(H,13,14)/t9-/m1/s1. The summed E-state index contributed by atoms with van der Waals surface area (Å²) in [5.41, 5.74) is 0. The molecule has 102 valence electrons. The summed E-state index contributed by atoms with van der Waals surface area (Å²) in [6.07, 6.45) is -1.10. The van der Waals surface area contributed by atoms with Crippen molar-refractivity contribution in [3.8, 4) is 0 Å². The Morgan fingerprint density at radius 3 is 2.53 bits per heavy atom. The van der Waals surface area contributed by atoms with Gasteiger partial charge in [0.2, 0.25) is 0 Å². The topological polar surface area (TPSA) is 67.8 Å². The zero-order chi connectivity index (χ0) is 13.3. The highest BCUT2D eigenvalue weighted by Gasteiger charge is 2.12. The number of halogens is 1. The highest BCUT2D eigenvalue weighted by molar-refractivity contribution is 6.76. The van der Waals surface area contributed by atoms with Crippen LogP contribution in [0.3, 0.4) is 0 Å². The lowest BCUT2D eigenvalue weighted by Crippen LogP contribution is -2.38. The van der Waals surface area contributed by atoms with Crippen molar-refractivity contribution in [3.05, 3.63) is 0 Å². The van der Waals surface area contributed by atoms with Crippen molar-refractivity contribution in [2.24, 2.45) is 0 Å². The maximum absolute atomic E-state index is 10.4. The normalized spacial score (nSPS) is 13.4. The minimum Gasteiger partial charge on any atom is -0.465 e. The average molecular weight is 284 g/mol. The molecule has 0 aliphatic carbocycles. The number of ether oxygens (including phenoxy) is 2. The lowest BCUT2D eigenvalue weighted by Gasteiger charge is -2.16. The summed E-state index contributed by atoms with van der Waals surface area (Å²) in [6, 6.07) is 0.692. The first kappa shape index (κ1) is 16.7. The first-order chi connectivity index (χ1) is 7.85. The highest BCUT2D eigenvalue weighted by atomic mass is 35.5. The van der Waals surface area contributed by atoms with E-state index >= 15 is 0 Å². The summed E-state index contributed by atoms with van der Waals surface area (Å²) < 4.78 is 10.5. The van der Waals surface area contributed by atoms with Crippen LogP contribution in [0.15, 0.2) is 0 Å². The van der Waals surface area contributed by atoms with Crippen molar-refractivity contribution in [1.29, 1.82) is 0 Å². The van der Waals surface area contributed by atoms with Crippen LogP contribution < -0.4 is 5.32 Å². The average Bonchev–Trinajstić information content (AvgIpc) is 2.19. The van der Waals surface area contributed by atoms with E-state index in [2.05, 4.69) is 25.0 Å². The molecule has 0 radical (unpaired) electrons. The van der Waals surface area contributed by atoms with E-state index in [4.69, 9.17) is 26.2 Å². The number of amides is 1. The van der Waals surface area contributed by atoms with Gasteiger partial charge in [0.05, 0.1) is 12.6 Å². The third-order valence-electron chi connectivity index (χ3n) is 2.00. The van der Waals surface area contributed by atoms with Crippen molar-refractivity contribution in [2.75, 3.05) is 25.9 Å². The maximum atomic E-state index is 10.4. The Kier molecular flexibility index (Phi) is 8.58. The van der Waals surface area contributed by atoms with E-state index in [0.717, 1.165) is 6.04 Å².